The Morgan fingerprint density at radius 1 is 0.525 bits per heavy atom. The third-order valence-electron chi connectivity index (χ3n) is 10.2. The maximum Gasteiger partial charge on any atom is 0.287 e. The molecule has 12 nitrogen and oxygen atoms in total. The summed E-state index contributed by atoms with van der Waals surface area (Å²) in [6, 6.07) is 52.6. The van der Waals surface area contributed by atoms with E-state index >= 15 is 0 Å². The van der Waals surface area contributed by atoms with Gasteiger partial charge in [0.2, 0.25) is 0 Å². The first-order chi connectivity index (χ1) is 29.9. The molecule has 0 amide bonds. The topological polar surface area (TPSA) is 149 Å². The van der Waals surface area contributed by atoms with E-state index in [0.717, 1.165) is 38.9 Å². The fourth-order valence-corrected chi connectivity index (χ4v) is 7.26. The van der Waals surface area contributed by atoms with Crippen molar-refractivity contribution in [3.8, 4) is 0 Å². The standard InChI is InChI=1S/C28H24N4O2.C21H18N4O2/c1-20-26-24(31-27(22-13-7-3-8-14-22)23-15-9-4-10-16-23)17-25(33)32(28(26)30-19-29-20)34-18-21-11-5-2-6-12-21;1-14-19-17(12-18(26)25(27)21(19)23-13-22-14)24-20(15-8-4-2-5-9-15)16-10-6-3-7-11-16/h2-17,19,27,31H,18H2,1H3;2-13,20,24,27H,1H3. The fraction of sp³-hybridized carbons (Fsp3) is 0.102. The van der Waals surface area contributed by atoms with Crippen LogP contribution in [0.4, 0.5) is 11.4 Å². The van der Waals surface area contributed by atoms with Gasteiger partial charge >= 0.3 is 0 Å². The molecule has 0 aliphatic heterocycles. The molecular formula is C49H42N8O4. The van der Waals surface area contributed by atoms with Crippen LogP contribution in [0.5, 0.6) is 0 Å². The largest absolute Gasteiger partial charge is 0.423 e. The summed E-state index contributed by atoms with van der Waals surface area (Å²) in [6.07, 6.45) is 2.79. The van der Waals surface area contributed by atoms with Crippen molar-refractivity contribution >= 4 is 33.4 Å². The molecule has 61 heavy (non-hydrogen) atoms. The molecular weight excluding hydrogens is 765 g/mol. The minimum Gasteiger partial charge on any atom is -0.423 e. The molecule has 3 N–H and O–H groups in total. The highest BCUT2D eigenvalue weighted by molar-refractivity contribution is 5.92. The van der Waals surface area contributed by atoms with E-state index in [0.29, 0.717) is 32.8 Å². The van der Waals surface area contributed by atoms with Crippen molar-refractivity contribution in [2.75, 3.05) is 10.6 Å². The monoisotopic (exact) mass is 806 g/mol. The SMILES string of the molecule is Cc1ncnc2c1c(NC(c1ccccc1)c1ccccc1)cc(=O)n2O.Cc1ncnc2c1c(NC(c1ccccc1)c1ccccc1)cc(=O)n2OCc1ccccc1. The molecule has 302 valence electrons. The van der Waals surface area contributed by atoms with Crippen molar-refractivity contribution < 1.29 is 10.0 Å². The number of rotatable bonds is 11. The third-order valence-corrected chi connectivity index (χ3v) is 10.2. The number of fused-ring (bicyclic) bond motifs is 2. The molecule has 0 unspecified atom stereocenters. The number of aryl methyl sites for hydroxylation is 2. The maximum absolute atomic E-state index is 13.2. The van der Waals surface area contributed by atoms with Gasteiger partial charge < -0.3 is 20.7 Å². The van der Waals surface area contributed by atoms with Crippen LogP contribution in [0, 0.1) is 13.8 Å². The van der Waals surface area contributed by atoms with Gasteiger partial charge in [-0.25, -0.2) is 19.9 Å². The number of benzene rings is 5. The zero-order chi connectivity index (χ0) is 42.1. The van der Waals surface area contributed by atoms with E-state index in [-0.39, 0.29) is 29.9 Å². The lowest BCUT2D eigenvalue weighted by Gasteiger charge is -2.23. The summed E-state index contributed by atoms with van der Waals surface area (Å²) >= 11 is 0. The summed E-state index contributed by atoms with van der Waals surface area (Å²) in [6.45, 7) is 3.98. The Morgan fingerprint density at radius 3 is 1.34 bits per heavy atom. The predicted molar refractivity (Wildman–Crippen MR) is 238 cm³/mol. The van der Waals surface area contributed by atoms with E-state index in [2.05, 4.69) is 54.8 Å². The average molecular weight is 807 g/mol. The van der Waals surface area contributed by atoms with Gasteiger partial charge in [-0.15, -0.1) is 9.46 Å². The van der Waals surface area contributed by atoms with E-state index in [4.69, 9.17) is 4.84 Å². The molecule has 0 saturated heterocycles. The number of nitrogens with one attached hydrogen (secondary N) is 2. The lowest BCUT2D eigenvalue weighted by atomic mass is 9.98. The van der Waals surface area contributed by atoms with Crippen molar-refractivity contribution in [2.24, 2.45) is 0 Å². The van der Waals surface area contributed by atoms with Crippen molar-refractivity contribution in [1.82, 2.24) is 29.4 Å². The first kappa shape index (κ1) is 39.7. The molecule has 4 aromatic heterocycles. The van der Waals surface area contributed by atoms with Crippen molar-refractivity contribution in [1.29, 1.82) is 0 Å². The van der Waals surface area contributed by atoms with E-state index in [9.17, 15) is 14.8 Å². The molecule has 0 atom stereocenters. The Bertz CT molecular complexity index is 2930. The van der Waals surface area contributed by atoms with Crippen LogP contribution in [0.2, 0.25) is 0 Å². The van der Waals surface area contributed by atoms with Gasteiger partial charge in [0, 0.05) is 12.1 Å². The molecule has 12 heteroatoms. The van der Waals surface area contributed by atoms with Crippen LogP contribution in [-0.4, -0.2) is 34.6 Å². The summed E-state index contributed by atoms with van der Waals surface area (Å²) < 4.78 is 1.80. The van der Waals surface area contributed by atoms with E-state index in [1.165, 1.54) is 23.5 Å². The highest BCUT2D eigenvalue weighted by Gasteiger charge is 2.21. The van der Waals surface area contributed by atoms with Gasteiger partial charge in [0.25, 0.3) is 11.1 Å². The molecule has 0 bridgehead atoms. The van der Waals surface area contributed by atoms with Crippen LogP contribution >= 0.6 is 0 Å². The van der Waals surface area contributed by atoms with Crippen LogP contribution in [0.3, 0.4) is 0 Å². The number of hydrogen-bond donors (Lipinski definition) is 3. The van der Waals surface area contributed by atoms with Crippen molar-refractivity contribution in [2.45, 2.75) is 32.5 Å². The van der Waals surface area contributed by atoms with Crippen LogP contribution in [0.15, 0.2) is 186 Å². The molecule has 9 aromatic rings. The highest BCUT2D eigenvalue weighted by Crippen LogP contribution is 2.32. The van der Waals surface area contributed by atoms with Crippen molar-refractivity contribution in [3.05, 3.63) is 236 Å². The molecule has 0 aliphatic rings. The first-order valence-electron chi connectivity index (χ1n) is 19.7. The predicted octanol–water partition coefficient (Wildman–Crippen LogP) is 8.47. The van der Waals surface area contributed by atoms with E-state index < -0.39 is 5.56 Å². The molecule has 9 rings (SSSR count). The lowest BCUT2D eigenvalue weighted by molar-refractivity contribution is 0.0979. The number of nitrogens with zero attached hydrogens (tertiary/aromatic N) is 6. The maximum atomic E-state index is 13.2. The van der Waals surface area contributed by atoms with Gasteiger partial charge in [-0.05, 0) is 41.7 Å². The highest BCUT2D eigenvalue weighted by atomic mass is 16.7. The van der Waals surface area contributed by atoms with E-state index in [1.807, 2.05) is 141 Å². The zero-order valence-electron chi connectivity index (χ0n) is 33.5. The number of aromatic nitrogens is 6. The van der Waals surface area contributed by atoms with Gasteiger partial charge in [0.15, 0.2) is 11.3 Å². The van der Waals surface area contributed by atoms with Gasteiger partial charge in [0.1, 0.15) is 19.3 Å². The second-order valence-corrected chi connectivity index (χ2v) is 14.3. The Morgan fingerprint density at radius 2 is 0.902 bits per heavy atom. The zero-order valence-corrected chi connectivity index (χ0v) is 33.5. The van der Waals surface area contributed by atoms with Gasteiger partial charge in [-0.2, -0.15) is 0 Å². The third kappa shape index (κ3) is 8.83. The molecule has 0 radical (unpaired) electrons. The first-order valence-corrected chi connectivity index (χ1v) is 19.7. The lowest BCUT2D eigenvalue weighted by Crippen LogP contribution is -2.28. The summed E-state index contributed by atoms with van der Waals surface area (Å²) in [5, 5.41) is 18.5. The average Bonchev–Trinajstić information content (AvgIpc) is 3.30. The summed E-state index contributed by atoms with van der Waals surface area (Å²) in [5.41, 5.74) is 7.66. The molecule has 0 fully saturated rings. The van der Waals surface area contributed by atoms with Crippen LogP contribution in [0.25, 0.3) is 22.1 Å². The fourth-order valence-electron chi connectivity index (χ4n) is 7.26. The minimum absolute atomic E-state index is 0.161. The molecule has 0 spiro atoms. The number of hydrogen-bond acceptors (Lipinski definition) is 10. The van der Waals surface area contributed by atoms with Crippen LogP contribution in [0.1, 0.15) is 51.3 Å². The quantitative estimate of drug-likeness (QED) is 0.109. The smallest absolute Gasteiger partial charge is 0.287 e. The second kappa shape index (κ2) is 18.2. The van der Waals surface area contributed by atoms with Crippen molar-refractivity contribution in [3.63, 3.8) is 0 Å². The number of pyridine rings is 2. The Balaban J connectivity index is 0.000000173. The minimum atomic E-state index is -0.553. The molecule has 4 heterocycles. The van der Waals surface area contributed by atoms with Gasteiger partial charge in [-0.1, -0.05) is 152 Å². The second-order valence-electron chi connectivity index (χ2n) is 14.3. The van der Waals surface area contributed by atoms with Crippen LogP contribution < -0.4 is 26.6 Å². The molecule has 0 aliphatic carbocycles. The van der Waals surface area contributed by atoms with E-state index in [1.54, 1.807) is 6.07 Å². The Kier molecular flexibility index (Phi) is 11.8. The van der Waals surface area contributed by atoms with Crippen LogP contribution in [-0.2, 0) is 6.61 Å². The summed E-state index contributed by atoms with van der Waals surface area (Å²) in [5.74, 6) is 0. The Labute approximate surface area is 351 Å². The number of anilines is 2. The summed E-state index contributed by atoms with van der Waals surface area (Å²) in [7, 11) is 0. The molecule has 5 aromatic carbocycles. The summed E-state index contributed by atoms with van der Waals surface area (Å²) in [4.78, 5) is 48.4. The molecule has 0 saturated carbocycles. The van der Waals surface area contributed by atoms with Gasteiger partial charge in [-0.3, -0.25) is 9.59 Å². The normalized spacial score (nSPS) is 11.0. The van der Waals surface area contributed by atoms with Gasteiger partial charge in [0.05, 0.1) is 45.6 Å². The Hall–Kier alpha value is -8.12.